The maximum absolute atomic E-state index is 12.0. The van der Waals surface area contributed by atoms with E-state index in [9.17, 15) is 4.79 Å². The Morgan fingerprint density at radius 3 is 2.80 bits per heavy atom. The van der Waals surface area contributed by atoms with Gasteiger partial charge in [0.15, 0.2) is 0 Å². The molecule has 1 heterocycles. The van der Waals surface area contributed by atoms with E-state index < -0.39 is 0 Å². The van der Waals surface area contributed by atoms with E-state index in [2.05, 4.69) is 5.32 Å². The quantitative estimate of drug-likeness (QED) is 0.876. The van der Waals surface area contributed by atoms with Crippen LogP contribution in [-0.4, -0.2) is 22.8 Å². The van der Waals surface area contributed by atoms with Gasteiger partial charge in [0, 0.05) is 37.3 Å². The van der Waals surface area contributed by atoms with Crippen molar-refractivity contribution in [3.05, 3.63) is 40.7 Å². The van der Waals surface area contributed by atoms with E-state index in [4.69, 9.17) is 5.11 Å². The van der Waals surface area contributed by atoms with Crippen molar-refractivity contribution in [2.45, 2.75) is 19.3 Å². The summed E-state index contributed by atoms with van der Waals surface area (Å²) in [5.41, 5.74) is 2.07. The lowest BCUT2D eigenvalue weighted by Gasteiger charge is -2.17. The van der Waals surface area contributed by atoms with Crippen molar-refractivity contribution < 1.29 is 5.11 Å². The Balaban J connectivity index is 1.92. The second kappa shape index (κ2) is 4.94. The van der Waals surface area contributed by atoms with Crippen molar-refractivity contribution in [1.82, 2.24) is 4.57 Å². The number of aliphatic hydroxyl groups excluding tert-OH is 1. The highest BCUT2D eigenvalue weighted by atomic mass is 16.3. The van der Waals surface area contributed by atoms with E-state index in [0.717, 1.165) is 42.4 Å². The molecule has 0 aliphatic heterocycles. The Bertz CT molecular complexity index is 686. The average Bonchev–Trinajstić information content (AvgIpc) is 3.22. The van der Waals surface area contributed by atoms with E-state index in [1.807, 2.05) is 24.3 Å². The first-order valence-corrected chi connectivity index (χ1v) is 7.09. The molecular weight excluding hydrogens is 252 g/mol. The number of para-hydroxylation sites is 1. The first-order valence-electron chi connectivity index (χ1n) is 7.09. The van der Waals surface area contributed by atoms with Crippen LogP contribution in [0, 0.1) is 5.41 Å². The molecule has 2 aromatic rings. The summed E-state index contributed by atoms with van der Waals surface area (Å²) in [4.78, 5) is 12.0. The van der Waals surface area contributed by atoms with Gasteiger partial charge in [0.25, 0.3) is 5.56 Å². The van der Waals surface area contributed by atoms with E-state index in [-0.39, 0.29) is 17.6 Å². The van der Waals surface area contributed by atoms with Crippen molar-refractivity contribution in [2.24, 2.45) is 12.5 Å². The van der Waals surface area contributed by atoms with Crippen molar-refractivity contribution in [1.29, 1.82) is 0 Å². The summed E-state index contributed by atoms with van der Waals surface area (Å²) in [6.07, 6.45) is 3.15. The summed E-state index contributed by atoms with van der Waals surface area (Å²) in [5, 5.41) is 13.6. The van der Waals surface area contributed by atoms with Crippen molar-refractivity contribution in [3.8, 4) is 0 Å². The predicted molar refractivity (Wildman–Crippen MR) is 81.0 cm³/mol. The zero-order valence-electron chi connectivity index (χ0n) is 11.7. The Hall–Kier alpha value is -1.81. The third kappa shape index (κ3) is 2.31. The highest BCUT2D eigenvalue weighted by Gasteiger charge is 2.41. The summed E-state index contributed by atoms with van der Waals surface area (Å²) in [5.74, 6) is 0. The van der Waals surface area contributed by atoms with E-state index in [1.165, 1.54) is 0 Å². The third-order valence-corrected chi connectivity index (χ3v) is 4.41. The highest BCUT2D eigenvalue weighted by Crippen LogP contribution is 2.48. The molecule has 1 fully saturated rings. The average molecular weight is 272 g/mol. The van der Waals surface area contributed by atoms with Crippen LogP contribution in [0.5, 0.6) is 0 Å². The van der Waals surface area contributed by atoms with E-state index in [1.54, 1.807) is 17.7 Å². The molecule has 20 heavy (non-hydrogen) atoms. The Labute approximate surface area is 118 Å². The van der Waals surface area contributed by atoms with Crippen molar-refractivity contribution in [2.75, 3.05) is 18.5 Å². The van der Waals surface area contributed by atoms with Gasteiger partial charge in [-0.1, -0.05) is 18.2 Å². The second-order valence-corrected chi connectivity index (χ2v) is 5.80. The van der Waals surface area contributed by atoms with Gasteiger partial charge in [-0.15, -0.1) is 0 Å². The van der Waals surface area contributed by atoms with Gasteiger partial charge in [0.05, 0.1) is 5.52 Å². The fourth-order valence-corrected chi connectivity index (χ4v) is 2.77. The van der Waals surface area contributed by atoms with Crippen LogP contribution >= 0.6 is 0 Å². The Morgan fingerprint density at radius 1 is 1.35 bits per heavy atom. The minimum atomic E-state index is -0.00166. The maximum Gasteiger partial charge on any atom is 0.252 e. The third-order valence-electron chi connectivity index (χ3n) is 4.41. The minimum absolute atomic E-state index is 0.00166. The molecule has 3 rings (SSSR count). The summed E-state index contributed by atoms with van der Waals surface area (Å²) in [6, 6.07) is 9.58. The van der Waals surface area contributed by atoms with Crippen LogP contribution < -0.4 is 10.9 Å². The molecule has 2 N–H and O–H groups in total. The van der Waals surface area contributed by atoms with E-state index in [0.29, 0.717) is 0 Å². The van der Waals surface area contributed by atoms with Gasteiger partial charge in [0.1, 0.15) is 0 Å². The highest BCUT2D eigenvalue weighted by molar-refractivity contribution is 5.91. The molecule has 0 atom stereocenters. The molecular formula is C16H20N2O2. The molecule has 4 heteroatoms. The number of hydrogen-bond acceptors (Lipinski definition) is 3. The van der Waals surface area contributed by atoms with Crippen LogP contribution in [0.2, 0.25) is 0 Å². The number of aliphatic hydroxyl groups is 1. The number of nitrogens with zero attached hydrogens (tertiary/aromatic N) is 1. The van der Waals surface area contributed by atoms with Crippen LogP contribution in [0.1, 0.15) is 19.3 Å². The molecule has 1 aliphatic carbocycles. The molecule has 4 nitrogen and oxygen atoms in total. The number of anilines is 1. The predicted octanol–water partition coefficient (Wildman–Crippen LogP) is 2.11. The molecule has 0 saturated heterocycles. The van der Waals surface area contributed by atoms with Crippen molar-refractivity contribution >= 4 is 16.6 Å². The minimum Gasteiger partial charge on any atom is -0.396 e. The lowest BCUT2D eigenvalue weighted by Crippen LogP contribution is -2.21. The monoisotopic (exact) mass is 272 g/mol. The van der Waals surface area contributed by atoms with Crippen LogP contribution in [0.4, 0.5) is 5.69 Å². The Kier molecular flexibility index (Phi) is 3.26. The number of pyridine rings is 1. The molecule has 1 aliphatic rings. The fourth-order valence-electron chi connectivity index (χ4n) is 2.77. The summed E-state index contributed by atoms with van der Waals surface area (Å²) < 4.78 is 1.67. The maximum atomic E-state index is 12.0. The van der Waals surface area contributed by atoms with Gasteiger partial charge in [-0.2, -0.15) is 0 Å². The zero-order valence-corrected chi connectivity index (χ0v) is 11.7. The molecule has 106 valence electrons. The fraction of sp³-hybridized carbons (Fsp3) is 0.438. The number of nitrogens with one attached hydrogen (secondary N) is 1. The smallest absolute Gasteiger partial charge is 0.252 e. The lowest BCUT2D eigenvalue weighted by atomic mass is 10.0. The number of aryl methyl sites for hydroxylation is 1. The largest absolute Gasteiger partial charge is 0.396 e. The summed E-state index contributed by atoms with van der Waals surface area (Å²) in [6.45, 7) is 1.06. The first kappa shape index (κ1) is 13.2. The molecule has 0 radical (unpaired) electrons. The van der Waals surface area contributed by atoms with Gasteiger partial charge in [-0.05, 0) is 30.7 Å². The number of benzene rings is 1. The Morgan fingerprint density at radius 2 is 2.10 bits per heavy atom. The molecule has 0 amide bonds. The summed E-state index contributed by atoms with van der Waals surface area (Å²) >= 11 is 0. The SMILES string of the molecule is Cn1c(=O)cc(NCC2(CCO)CC2)c2ccccc21. The van der Waals surface area contributed by atoms with Gasteiger partial charge >= 0.3 is 0 Å². The van der Waals surface area contributed by atoms with E-state index >= 15 is 0 Å². The van der Waals surface area contributed by atoms with Gasteiger partial charge in [-0.25, -0.2) is 0 Å². The molecule has 0 unspecified atom stereocenters. The number of aromatic nitrogens is 1. The first-order chi connectivity index (χ1) is 9.65. The molecule has 0 spiro atoms. The molecule has 1 saturated carbocycles. The van der Waals surface area contributed by atoms with Crippen LogP contribution in [0.3, 0.4) is 0 Å². The summed E-state index contributed by atoms with van der Waals surface area (Å²) in [7, 11) is 1.79. The molecule has 1 aromatic heterocycles. The zero-order chi connectivity index (χ0) is 14.2. The topological polar surface area (TPSA) is 54.3 Å². The van der Waals surface area contributed by atoms with Crippen LogP contribution in [-0.2, 0) is 7.05 Å². The van der Waals surface area contributed by atoms with Gasteiger partial charge in [0.2, 0.25) is 0 Å². The normalized spacial score (nSPS) is 16.3. The van der Waals surface area contributed by atoms with Gasteiger partial charge < -0.3 is 15.0 Å². The number of hydrogen-bond donors (Lipinski definition) is 2. The van der Waals surface area contributed by atoms with Crippen LogP contribution in [0.15, 0.2) is 35.1 Å². The number of fused-ring (bicyclic) bond motifs is 1. The second-order valence-electron chi connectivity index (χ2n) is 5.80. The number of rotatable bonds is 5. The molecule has 1 aromatic carbocycles. The standard InChI is InChI=1S/C16H20N2O2/c1-18-14-5-3-2-4-12(14)13(10-15(18)20)17-11-16(6-7-16)8-9-19/h2-5,10,17,19H,6-9,11H2,1H3. The van der Waals surface area contributed by atoms with Crippen molar-refractivity contribution in [3.63, 3.8) is 0 Å². The lowest BCUT2D eigenvalue weighted by molar-refractivity contribution is 0.253. The molecule has 0 bridgehead atoms. The van der Waals surface area contributed by atoms with Crippen LogP contribution in [0.25, 0.3) is 10.9 Å². The van der Waals surface area contributed by atoms with Gasteiger partial charge in [-0.3, -0.25) is 4.79 Å².